The molecule has 0 spiro atoms. The van der Waals surface area contributed by atoms with Gasteiger partial charge in [0.2, 0.25) is 5.89 Å². The number of benzene rings is 2. The molecule has 3 heterocycles. The summed E-state index contributed by atoms with van der Waals surface area (Å²) in [6.45, 7) is 3.02. The summed E-state index contributed by atoms with van der Waals surface area (Å²) in [6, 6.07) is 11.8. The van der Waals surface area contributed by atoms with Crippen LogP contribution in [0.1, 0.15) is 36.9 Å². The van der Waals surface area contributed by atoms with E-state index in [1.165, 1.54) is 18.2 Å². The van der Waals surface area contributed by atoms with Gasteiger partial charge in [-0.15, -0.1) is 10.2 Å². The molecular weight excluding hydrogens is 502 g/mol. The van der Waals surface area contributed by atoms with Crippen molar-refractivity contribution < 1.29 is 17.9 Å². The first-order chi connectivity index (χ1) is 18.9. The Balaban J connectivity index is 1.42. The molecule has 1 aliphatic carbocycles. The van der Waals surface area contributed by atoms with Crippen molar-refractivity contribution in [3.05, 3.63) is 71.7 Å². The Morgan fingerprint density at radius 3 is 2.69 bits per heavy atom. The highest BCUT2D eigenvalue weighted by atomic mass is 19.1. The van der Waals surface area contributed by atoms with E-state index in [0.29, 0.717) is 41.7 Å². The molecule has 1 atom stereocenters. The van der Waals surface area contributed by atoms with E-state index in [2.05, 4.69) is 20.5 Å². The first-order valence-corrected chi connectivity index (χ1v) is 12.9. The maximum Gasteiger partial charge on any atom is 0.246 e. The molecule has 1 saturated carbocycles. The summed E-state index contributed by atoms with van der Waals surface area (Å²) in [6.07, 6.45) is 3.65. The van der Waals surface area contributed by atoms with Crippen LogP contribution in [0, 0.1) is 11.6 Å². The first kappa shape index (κ1) is 25.3. The molecule has 1 aliphatic rings. The van der Waals surface area contributed by atoms with Crippen LogP contribution in [0.4, 0.5) is 8.78 Å². The second kappa shape index (κ2) is 10.3. The van der Waals surface area contributed by atoms with Crippen molar-refractivity contribution in [3.63, 3.8) is 0 Å². The fourth-order valence-electron chi connectivity index (χ4n) is 4.74. The van der Waals surface area contributed by atoms with Gasteiger partial charge in [0.05, 0.1) is 6.61 Å². The van der Waals surface area contributed by atoms with Crippen LogP contribution in [-0.2, 0) is 18.3 Å². The third kappa shape index (κ3) is 5.17. The largest absolute Gasteiger partial charge is 0.432 e. The van der Waals surface area contributed by atoms with Gasteiger partial charge in [0, 0.05) is 43.9 Å². The summed E-state index contributed by atoms with van der Waals surface area (Å²) in [5.74, 6) is 0.248. The van der Waals surface area contributed by atoms with Crippen molar-refractivity contribution >= 4 is 11.1 Å². The summed E-state index contributed by atoms with van der Waals surface area (Å²) in [5, 5.41) is 11.5. The van der Waals surface area contributed by atoms with Gasteiger partial charge in [-0.2, -0.15) is 0 Å². The molecule has 1 N–H and O–H groups in total. The molecule has 6 rings (SSSR count). The Morgan fingerprint density at radius 2 is 1.95 bits per heavy atom. The molecule has 39 heavy (non-hydrogen) atoms. The van der Waals surface area contributed by atoms with Crippen LogP contribution in [0.5, 0.6) is 0 Å². The van der Waals surface area contributed by atoms with Crippen molar-refractivity contribution in [2.24, 2.45) is 7.05 Å². The minimum absolute atomic E-state index is 0.0837. The molecule has 0 radical (unpaired) electrons. The summed E-state index contributed by atoms with van der Waals surface area (Å²) in [4.78, 5) is 9.45. The van der Waals surface area contributed by atoms with E-state index in [1.54, 1.807) is 24.1 Å². The lowest BCUT2D eigenvalue weighted by Gasteiger charge is -2.12. The summed E-state index contributed by atoms with van der Waals surface area (Å²) in [7, 11) is 3.46. The van der Waals surface area contributed by atoms with Crippen molar-refractivity contribution in [1.82, 2.24) is 30.0 Å². The molecule has 5 aromatic rings. The topological polar surface area (TPSA) is 90.9 Å². The summed E-state index contributed by atoms with van der Waals surface area (Å²) >= 11 is 0. The number of fused-ring (bicyclic) bond motifs is 1. The molecule has 8 nitrogen and oxygen atoms in total. The van der Waals surface area contributed by atoms with E-state index in [9.17, 15) is 4.39 Å². The van der Waals surface area contributed by atoms with E-state index in [4.69, 9.17) is 14.1 Å². The van der Waals surface area contributed by atoms with Gasteiger partial charge < -0.3 is 19.0 Å². The van der Waals surface area contributed by atoms with Crippen molar-refractivity contribution in [1.29, 1.82) is 0 Å². The maximum absolute atomic E-state index is 15.0. The standard InChI is InChI=1S/C29H28F2N6O2/c1-16(14-38-3)32-13-17-8-23(31)27-25(9-17)35-29(39-27)26-11-19(10-24(34-26)18-4-5-18)21-7-6-20(30)12-22(21)28-36-33-15-37(28)2/h6-12,15-16,18,32H,4-5,13-14H2,1-3H3/t16-/m1/s1. The molecule has 0 bridgehead atoms. The van der Waals surface area contributed by atoms with Gasteiger partial charge in [-0.05, 0) is 72.9 Å². The second-order valence-electron chi connectivity index (χ2n) is 10.1. The first-order valence-electron chi connectivity index (χ1n) is 12.9. The monoisotopic (exact) mass is 530 g/mol. The SMILES string of the molecule is COC[C@@H](C)NCc1cc(F)c2oc(-c3cc(-c4ccc(F)cc4-c4nncn4C)cc(C4CC4)n3)nc2c1. The number of halogens is 2. The lowest BCUT2D eigenvalue weighted by molar-refractivity contribution is 0.171. The van der Waals surface area contributed by atoms with Crippen LogP contribution < -0.4 is 5.32 Å². The number of pyridine rings is 1. The molecule has 10 heteroatoms. The van der Waals surface area contributed by atoms with Gasteiger partial charge in [0.1, 0.15) is 23.4 Å². The number of rotatable bonds is 9. The van der Waals surface area contributed by atoms with Crippen molar-refractivity contribution in [2.45, 2.75) is 38.3 Å². The summed E-state index contributed by atoms with van der Waals surface area (Å²) in [5.41, 5.74) is 4.85. The van der Waals surface area contributed by atoms with Crippen molar-refractivity contribution in [2.75, 3.05) is 13.7 Å². The van der Waals surface area contributed by atoms with Gasteiger partial charge in [-0.1, -0.05) is 6.07 Å². The number of methoxy groups -OCH3 is 1. The Labute approximate surface area is 224 Å². The highest BCUT2D eigenvalue weighted by molar-refractivity contribution is 5.83. The minimum atomic E-state index is -0.482. The normalized spacial score (nSPS) is 14.3. The number of nitrogens with zero attached hydrogens (tertiary/aromatic N) is 5. The Kier molecular flexibility index (Phi) is 6.66. The number of aryl methyl sites for hydroxylation is 1. The third-order valence-corrected chi connectivity index (χ3v) is 6.88. The number of ether oxygens (including phenoxy) is 1. The van der Waals surface area contributed by atoms with Gasteiger partial charge in [-0.25, -0.2) is 18.7 Å². The predicted octanol–water partition coefficient (Wildman–Crippen LogP) is 5.63. The number of hydrogen-bond donors (Lipinski definition) is 1. The van der Waals surface area contributed by atoms with E-state index in [-0.39, 0.29) is 23.3 Å². The van der Waals surface area contributed by atoms with Gasteiger partial charge >= 0.3 is 0 Å². The quantitative estimate of drug-likeness (QED) is 0.264. The highest BCUT2D eigenvalue weighted by Gasteiger charge is 2.27. The molecule has 3 aromatic heterocycles. The molecular formula is C29H28F2N6O2. The average molecular weight is 531 g/mol. The highest BCUT2D eigenvalue weighted by Crippen LogP contribution is 2.42. The van der Waals surface area contributed by atoms with Crippen LogP contribution in [0.3, 0.4) is 0 Å². The second-order valence-corrected chi connectivity index (χ2v) is 10.1. The molecule has 0 saturated heterocycles. The molecule has 2 aromatic carbocycles. The summed E-state index contributed by atoms with van der Waals surface area (Å²) < 4.78 is 42.2. The fourth-order valence-corrected chi connectivity index (χ4v) is 4.74. The number of nitrogens with one attached hydrogen (secondary N) is 1. The van der Waals surface area contributed by atoms with E-state index >= 15 is 4.39 Å². The Hall–Kier alpha value is -4.02. The fraction of sp³-hybridized carbons (Fsp3) is 0.310. The van der Waals surface area contributed by atoms with Gasteiger partial charge in [-0.3, -0.25) is 0 Å². The third-order valence-electron chi connectivity index (χ3n) is 6.88. The van der Waals surface area contributed by atoms with Crippen LogP contribution in [0.25, 0.3) is 45.2 Å². The number of hydrogen-bond acceptors (Lipinski definition) is 7. The zero-order chi connectivity index (χ0) is 27.1. The molecule has 1 fully saturated rings. The van der Waals surface area contributed by atoms with E-state index < -0.39 is 5.82 Å². The maximum atomic E-state index is 15.0. The van der Waals surface area contributed by atoms with Gasteiger partial charge in [0.15, 0.2) is 17.2 Å². The number of oxazole rings is 1. The zero-order valence-corrected chi connectivity index (χ0v) is 21.9. The van der Waals surface area contributed by atoms with Crippen molar-refractivity contribution in [3.8, 4) is 34.1 Å². The molecule has 0 unspecified atom stereocenters. The number of aromatic nitrogens is 5. The smallest absolute Gasteiger partial charge is 0.246 e. The average Bonchev–Trinajstić information content (AvgIpc) is 3.54. The lowest BCUT2D eigenvalue weighted by atomic mass is 9.97. The van der Waals surface area contributed by atoms with Crippen LogP contribution in [0.15, 0.2) is 53.2 Å². The predicted molar refractivity (Wildman–Crippen MR) is 143 cm³/mol. The van der Waals surface area contributed by atoms with Gasteiger partial charge in [0.25, 0.3) is 0 Å². The molecule has 0 amide bonds. The molecule has 200 valence electrons. The molecule has 0 aliphatic heterocycles. The van der Waals surface area contributed by atoms with E-state index in [1.807, 2.05) is 32.2 Å². The van der Waals surface area contributed by atoms with E-state index in [0.717, 1.165) is 35.2 Å². The zero-order valence-electron chi connectivity index (χ0n) is 21.9. The Morgan fingerprint density at radius 1 is 1.10 bits per heavy atom. The van der Waals surface area contributed by atoms with Crippen LogP contribution in [0.2, 0.25) is 0 Å². The van der Waals surface area contributed by atoms with Crippen LogP contribution >= 0.6 is 0 Å². The minimum Gasteiger partial charge on any atom is -0.432 e. The van der Waals surface area contributed by atoms with Crippen LogP contribution in [-0.4, -0.2) is 44.5 Å². The lowest BCUT2D eigenvalue weighted by Crippen LogP contribution is -2.29. The Bertz CT molecular complexity index is 1660.